The van der Waals surface area contributed by atoms with Crippen LogP contribution in [0.1, 0.15) is 43.2 Å². The highest BCUT2D eigenvalue weighted by atomic mass is 16.5. The molecule has 1 rings (SSSR count). The van der Waals surface area contributed by atoms with Crippen LogP contribution in [0.4, 0.5) is 0 Å². The van der Waals surface area contributed by atoms with Crippen LogP contribution in [0.25, 0.3) is 0 Å². The molecular formula is C12H17O5+. The maximum Gasteiger partial charge on any atom is 0.388 e. The Kier molecular flexibility index (Phi) is 5.26. The fourth-order valence-corrected chi connectivity index (χ4v) is 1.34. The van der Waals surface area contributed by atoms with Crippen LogP contribution >= 0.6 is 0 Å². The van der Waals surface area contributed by atoms with Gasteiger partial charge in [-0.3, -0.25) is 4.79 Å². The van der Waals surface area contributed by atoms with E-state index in [4.69, 9.17) is 14.3 Å². The molecule has 0 saturated carbocycles. The van der Waals surface area contributed by atoms with Crippen LogP contribution in [0.3, 0.4) is 0 Å². The van der Waals surface area contributed by atoms with Gasteiger partial charge in [0.1, 0.15) is 6.26 Å². The third-order valence-corrected chi connectivity index (χ3v) is 2.28. The maximum absolute atomic E-state index is 10.6. The summed E-state index contributed by atoms with van der Waals surface area (Å²) in [5.74, 6) is -1.37. The minimum atomic E-state index is -1.23. The summed E-state index contributed by atoms with van der Waals surface area (Å²) >= 11 is 0. The molecule has 0 unspecified atom stereocenters. The molecule has 5 heteroatoms. The highest BCUT2D eigenvalue weighted by Crippen LogP contribution is 2.07. The highest BCUT2D eigenvalue weighted by Gasteiger charge is 2.13. The molecule has 0 radical (unpaired) electrons. The van der Waals surface area contributed by atoms with Crippen molar-refractivity contribution in [2.24, 2.45) is 0 Å². The van der Waals surface area contributed by atoms with Gasteiger partial charge in [-0.2, -0.15) is 0 Å². The van der Waals surface area contributed by atoms with Crippen LogP contribution < -0.4 is 10.2 Å². The molecule has 0 aromatic carbocycles. The number of ether oxygens (including phenoxy) is 1. The van der Waals surface area contributed by atoms with E-state index < -0.39 is 5.97 Å². The van der Waals surface area contributed by atoms with Crippen molar-refractivity contribution < 1.29 is 23.8 Å². The summed E-state index contributed by atoms with van der Waals surface area (Å²) in [6.07, 6.45) is 5.37. The summed E-state index contributed by atoms with van der Waals surface area (Å²) < 4.78 is 10.1. The maximum atomic E-state index is 10.6. The van der Waals surface area contributed by atoms with Crippen LogP contribution in [-0.2, 0) is 0 Å². The molecule has 0 aliphatic carbocycles. The summed E-state index contributed by atoms with van der Waals surface area (Å²) in [5.41, 5.74) is -0.218. The number of carboxylic acid groups (broad SMARTS) is 1. The number of hydrogen-bond acceptors (Lipinski definition) is 3. The standard InChI is InChI=1S/C12H16O5/c1-2-3-4-5-6-16-11-8-17-10(12(14)15)7-9(11)13/h7-8H,2-6H2,1H3,(H,14,15)/p+1. The van der Waals surface area contributed by atoms with E-state index in [-0.39, 0.29) is 16.9 Å². The molecule has 0 atom stereocenters. The Hall–Kier alpha value is -1.78. The van der Waals surface area contributed by atoms with Crippen LogP contribution in [-0.4, -0.2) is 22.5 Å². The summed E-state index contributed by atoms with van der Waals surface area (Å²) in [6, 6.07) is 1.03. The molecule has 0 spiro atoms. The predicted octanol–water partition coefficient (Wildman–Crippen LogP) is 1.94. The second kappa shape index (κ2) is 6.73. The SMILES string of the molecule is CCCCCCOc1coc(C(=O)O)cc1=[OH+]. The summed E-state index contributed by atoms with van der Waals surface area (Å²) in [7, 11) is 0. The summed E-state index contributed by atoms with van der Waals surface area (Å²) in [4.78, 5) is 20.0. The Morgan fingerprint density at radius 2 is 2.24 bits per heavy atom. The lowest BCUT2D eigenvalue weighted by atomic mass is 10.2. The normalized spacial score (nSPS) is 10.2. The first-order chi connectivity index (χ1) is 8.15. The first-order valence-electron chi connectivity index (χ1n) is 5.66. The fraction of sp³-hybridized carbons (Fsp3) is 0.500. The smallest absolute Gasteiger partial charge is 0.388 e. The lowest BCUT2D eigenvalue weighted by molar-refractivity contribution is 0.0657. The number of carbonyl (C=O) groups is 1. The van der Waals surface area contributed by atoms with Gasteiger partial charge in [0.15, 0.2) is 0 Å². The lowest BCUT2D eigenvalue weighted by Crippen LogP contribution is -2.12. The van der Waals surface area contributed by atoms with E-state index in [1.807, 2.05) is 0 Å². The molecule has 1 aromatic heterocycles. The third kappa shape index (κ3) is 4.30. The summed E-state index contributed by atoms with van der Waals surface area (Å²) in [5, 5.41) is 8.63. The molecule has 1 aromatic rings. The van der Waals surface area contributed by atoms with Crippen molar-refractivity contribution in [2.75, 3.05) is 6.61 Å². The Bertz CT molecular complexity index is 421. The number of aromatic carboxylic acids is 1. The molecule has 0 bridgehead atoms. The van der Waals surface area contributed by atoms with Crippen LogP contribution in [0.5, 0.6) is 5.75 Å². The Labute approximate surface area is 99.0 Å². The molecule has 17 heavy (non-hydrogen) atoms. The van der Waals surface area contributed by atoms with Gasteiger partial charge in [-0.15, -0.1) is 0 Å². The summed E-state index contributed by atoms with van der Waals surface area (Å²) in [6.45, 7) is 2.60. The first-order valence-corrected chi connectivity index (χ1v) is 5.66. The van der Waals surface area contributed by atoms with Gasteiger partial charge in [-0.05, 0) is 6.42 Å². The second-order valence-electron chi connectivity index (χ2n) is 3.71. The fourth-order valence-electron chi connectivity index (χ4n) is 1.34. The average Bonchev–Trinajstić information content (AvgIpc) is 2.30. The highest BCUT2D eigenvalue weighted by molar-refractivity contribution is 5.84. The van der Waals surface area contributed by atoms with Crippen LogP contribution in [0.2, 0.25) is 0 Å². The molecule has 0 saturated heterocycles. The number of hydrogen-bond donors (Lipinski definition) is 1. The number of carboxylic acids is 1. The molecule has 94 valence electrons. The first kappa shape index (κ1) is 13.3. The van der Waals surface area contributed by atoms with Gasteiger partial charge in [0.05, 0.1) is 12.7 Å². The molecular weight excluding hydrogens is 224 g/mol. The van der Waals surface area contributed by atoms with Gasteiger partial charge in [0, 0.05) is 0 Å². The van der Waals surface area contributed by atoms with Crippen molar-refractivity contribution in [1.82, 2.24) is 0 Å². The Balaban J connectivity index is 2.49. The molecule has 0 aliphatic rings. The molecule has 0 aliphatic heterocycles. The molecule has 0 fully saturated rings. The van der Waals surface area contributed by atoms with Gasteiger partial charge >= 0.3 is 11.4 Å². The minimum absolute atomic E-state index is 0.173. The van der Waals surface area contributed by atoms with Crippen molar-refractivity contribution in [3.63, 3.8) is 0 Å². The van der Waals surface area contributed by atoms with Crippen molar-refractivity contribution in [2.45, 2.75) is 32.6 Å². The Morgan fingerprint density at radius 3 is 2.82 bits per heavy atom. The van der Waals surface area contributed by atoms with E-state index in [2.05, 4.69) is 6.92 Å². The van der Waals surface area contributed by atoms with Gasteiger partial charge in [0.25, 0.3) is 5.75 Å². The van der Waals surface area contributed by atoms with E-state index >= 15 is 0 Å². The molecule has 1 heterocycles. The van der Waals surface area contributed by atoms with Crippen molar-refractivity contribution in [3.05, 3.63) is 23.5 Å². The number of rotatable bonds is 7. The zero-order valence-corrected chi connectivity index (χ0v) is 9.81. The quantitative estimate of drug-likeness (QED) is 0.584. The minimum Gasteiger partial charge on any atom is -0.483 e. The number of unbranched alkanes of at least 4 members (excludes halogenated alkanes) is 3. The van der Waals surface area contributed by atoms with E-state index in [1.165, 1.54) is 0 Å². The van der Waals surface area contributed by atoms with Crippen molar-refractivity contribution in [3.8, 4) is 5.75 Å². The van der Waals surface area contributed by atoms with E-state index in [9.17, 15) is 9.59 Å². The molecule has 0 amide bonds. The van der Waals surface area contributed by atoms with Crippen molar-refractivity contribution >= 4 is 5.97 Å². The lowest BCUT2D eigenvalue weighted by Gasteiger charge is -2.02. The third-order valence-electron chi connectivity index (χ3n) is 2.28. The zero-order chi connectivity index (χ0) is 12.7. The van der Waals surface area contributed by atoms with E-state index in [0.29, 0.717) is 6.61 Å². The molecule has 5 nitrogen and oxygen atoms in total. The monoisotopic (exact) mass is 241 g/mol. The van der Waals surface area contributed by atoms with Crippen LogP contribution in [0, 0.1) is 0 Å². The topological polar surface area (TPSA) is 81.1 Å². The average molecular weight is 241 g/mol. The van der Waals surface area contributed by atoms with Crippen LogP contribution in [0.15, 0.2) is 16.7 Å². The van der Waals surface area contributed by atoms with Gasteiger partial charge in [0.2, 0.25) is 5.76 Å². The van der Waals surface area contributed by atoms with Gasteiger partial charge < -0.3 is 14.3 Å². The van der Waals surface area contributed by atoms with E-state index in [1.54, 1.807) is 0 Å². The van der Waals surface area contributed by atoms with Gasteiger partial charge in [-0.1, -0.05) is 26.2 Å². The van der Waals surface area contributed by atoms with Gasteiger partial charge in [-0.25, -0.2) is 4.79 Å². The van der Waals surface area contributed by atoms with Crippen molar-refractivity contribution in [1.29, 1.82) is 0 Å². The predicted molar refractivity (Wildman–Crippen MR) is 60.4 cm³/mol. The second-order valence-corrected chi connectivity index (χ2v) is 3.71. The molecule has 2 N–H and O–H groups in total. The Morgan fingerprint density at radius 1 is 1.47 bits per heavy atom. The van der Waals surface area contributed by atoms with E-state index in [0.717, 1.165) is 38.0 Å². The largest absolute Gasteiger partial charge is 0.483 e. The zero-order valence-electron chi connectivity index (χ0n) is 9.81.